The van der Waals surface area contributed by atoms with E-state index in [9.17, 15) is 13.2 Å². The molecule has 0 radical (unpaired) electrons. The minimum Gasteiger partial charge on any atom is -0.491 e. The molecule has 3 atom stereocenters. The Kier molecular flexibility index (Phi) is 4.98. The third-order valence-electron chi connectivity index (χ3n) is 7.13. The van der Waals surface area contributed by atoms with Gasteiger partial charge in [-0.1, -0.05) is 38.5 Å². The first-order valence-electron chi connectivity index (χ1n) is 10.9. The van der Waals surface area contributed by atoms with Gasteiger partial charge in [-0.15, -0.1) is 0 Å². The van der Waals surface area contributed by atoms with Crippen molar-refractivity contribution in [2.45, 2.75) is 77.3 Å². The number of Topliss-reactive ketones (excluding diaryl/α,β-unsaturated/α-hetero) is 1. The van der Waals surface area contributed by atoms with Crippen LogP contribution in [0, 0.1) is 24.2 Å². The summed E-state index contributed by atoms with van der Waals surface area (Å²) < 4.78 is 35.2. The molecule has 0 aromatic heterocycles. The summed E-state index contributed by atoms with van der Waals surface area (Å²) in [5.74, 6) is 0.750. The van der Waals surface area contributed by atoms with Crippen LogP contribution in [0.4, 0.5) is 0 Å². The van der Waals surface area contributed by atoms with E-state index in [1.54, 1.807) is 16.4 Å². The summed E-state index contributed by atoms with van der Waals surface area (Å²) in [6.07, 6.45) is 1.87. The SMILES string of the molecule is CCC1[C@@H]2C3=C(CC(C)(C)CC3=O)OC(C)(C)[C@H]2CN1S(=O)(=O)c1ccc(C)cc1. The highest BCUT2D eigenvalue weighted by molar-refractivity contribution is 7.89. The molecule has 0 N–H and O–H groups in total. The highest BCUT2D eigenvalue weighted by atomic mass is 32.2. The van der Waals surface area contributed by atoms with Crippen molar-refractivity contribution < 1.29 is 17.9 Å². The summed E-state index contributed by atoms with van der Waals surface area (Å²) >= 11 is 0. The summed E-state index contributed by atoms with van der Waals surface area (Å²) in [7, 11) is -3.66. The second-order valence-corrected chi connectivity index (χ2v) is 12.4. The highest BCUT2D eigenvalue weighted by Crippen LogP contribution is 2.54. The van der Waals surface area contributed by atoms with E-state index in [1.807, 2.05) is 39.8 Å². The number of fused-ring (bicyclic) bond motifs is 2. The van der Waals surface area contributed by atoms with Crippen molar-refractivity contribution in [1.82, 2.24) is 4.31 Å². The van der Waals surface area contributed by atoms with Gasteiger partial charge in [0.15, 0.2) is 5.78 Å². The predicted molar refractivity (Wildman–Crippen MR) is 116 cm³/mol. The highest BCUT2D eigenvalue weighted by Gasteiger charge is 2.59. The maximum atomic E-state index is 13.6. The maximum absolute atomic E-state index is 13.6. The Bertz CT molecular complexity index is 1000. The van der Waals surface area contributed by atoms with Crippen LogP contribution in [-0.2, 0) is 19.6 Å². The van der Waals surface area contributed by atoms with Gasteiger partial charge in [0.2, 0.25) is 10.0 Å². The zero-order valence-corrected chi connectivity index (χ0v) is 19.7. The number of rotatable bonds is 3. The summed E-state index contributed by atoms with van der Waals surface area (Å²) in [4.78, 5) is 13.5. The van der Waals surface area contributed by atoms with Gasteiger partial charge in [0.05, 0.1) is 4.90 Å². The summed E-state index contributed by atoms with van der Waals surface area (Å²) in [5.41, 5.74) is 1.12. The number of aryl methyl sites for hydroxylation is 1. The number of carbonyl (C=O) groups is 1. The lowest BCUT2D eigenvalue weighted by atomic mass is 9.66. The van der Waals surface area contributed by atoms with E-state index in [0.29, 0.717) is 24.3 Å². The van der Waals surface area contributed by atoms with Crippen molar-refractivity contribution in [3.05, 3.63) is 41.2 Å². The largest absolute Gasteiger partial charge is 0.491 e. The number of nitrogens with zero attached hydrogens (tertiary/aromatic N) is 1. The van der Waals surface area contributed by atoms with Crippen molar-refractivity contribution in [1.29, 1.82) is 0 Å². The Labute approximate surface area is 180 Å². The second kappa shape index (κ2) is 6.92. The summed E-state index contributed by atoms with van der Waals surface area (Å²) in [5, 5.41) is 0. The molecule has 5 nitrogen and oxygen atoms in total. The van der Waals surface area contributed by atoms with Gasteiger partial charge in [0.25, 0.3) is 0 Å². The van der Waals surface area contributed by atoms with Gasteiger partial charge in [0.1, 0.15) is 11.4 Å². The molecule has 2 aliphatic heterocycles. The third-order valence-corrected chi connectivity index (χ3v) is 9.04. The summed E-state index contributed by atoms with van der Waals surface area (Å²) in [6, 6.07) is 6.79. The zero-order valence-electron chi connectivity index (χ0n) is 18.9. The normalized spacial score (nSPS) is 30.6. The molecule has 1 saturated heterocycles. The molecule has 2 heterocycles. The molecule has 0 spiro atoms. The van der Waals surface area contributed by atoms with Crippen LogP contribution in [0.2, 0.25) is 0 Å². The fraction of sp³-hybridized carbons (Fsp3) is 0.625. The number of ketones is 1. The van der Waals surface area contributed by atoms with Crippen LogP contribution in [0.3, 0.4) is 0 Å². The Balaban J connectivity index is 1.81. The molecule has 1 fully saturated rings. The predicted octanol–water partition coefficient (Wildman–Crippen LogP) is 4.46. The average Bonchev–Trinajstić information content (AvgIpc) is 3.01. The molecule has 1 aliphatic carbocycles. The minimum atomic E-state index is -3.66. The molecule has 1 aromatic carbocycles. The number of carbonyl (C=O) groups excluding carboxylic acids is 1. The van der Waals surface area contributed by atoms with Gasteiger partial charge in [0, 0.05) is 42.8 Å². The molecule has 0 amide bonds. The van der Waals surface area contributed by atoms with Crippen molar-refractivity contribution in [2.24, 2.45) is 17.3 Å². The molecule has 4 rings (SSSR count). The topological polar surface area (TPSA) is 63.7 Å². The van der Waals surface area contributed by atoms with Crippen LogP contribution < -0.4 is 0 Å². The molecule has 164 valence electrons. The van der Waals surface area contributed by atoms with Crippen molar-refractivity contribution >= 4 is 15.8 Å². The molecule has 6 heteroatoms. The molecule has 1 aromatic rings. The molecule has 1 unspecified atom stereocenters. The van der Waals surface area contributed by atoms with Gasteiger partial charge in [-0.05, 0) is 44.7 Å². The van der Waals surface area contributed by atoms with E-state index in [2.05, 4.69) is 13.8 Å². The van der Waals surface area contributed by atoms with E-state index in [1.165, 1.54) is 0 Å². The lowest BCUT2D eigenvalue weighted by Gasteiger charge is -2.47. The Morgan fingerprint density at radius 3 is 2.33 bits per heavy atom. The van der Waals surface area contributed by atoms with Crippen LogP contribution >= 0.6 is 0 Å². The van der Waals surface area contributed by atoms with Gasteiger partial charge < -0.3 is 4.74 Å². The van der Waals surface area contributed by atoms with Crippen LogP contribution in [0.15, 0.2) is 40.5 Å². The van der Waals surface area contributed by atoms with Gasteiger partial charge in [-0.25, -0.2) is 8.42 Å². The molecule has 30 heavy (non-hydrogen) atoms. The number of benzene rings is 1. The van der Waals surface area contributed by atoms with Crippen LogP contribution in [0.5, 0.6) is 0 Å². The zero-order chi connectivity index (χ0) is 22.1. The number of sulfonamides is 1. The Hall–Kier alpha value is -1.66. The van der Waals surface area contributed by atoms with Crippen LogP contribution in [0.1, 0.15) is 59.4 Å². The number of allylic oxidation sites excluding steroid dienone is 1. The van der Waals surface area contributed by atoms with Gasteiger partial charge in [-0.2, -0.15) is 4.31 Å². The van der Waals surface area contributed by atoms with Crippen LogP contribution in [0.25, 0.3) is 0 Å². The lowest BCUT2D eigenvalue weighted by molar-refractivity contribution is -0.124. The van der Waals surface area contributed by atoms with Gasteiger partial charge >= 0.3 is 0 Å². The number of ether oxygens (including phenoxy) is 1. The molecule has 3 aliphatic rings. The van der Waals surface area contributed by atoms with E-state index >= 15 is 0 Å². The van der Waals surface area contributed by atoms with E-state index in [-0.39, 0.29) is 29.1 Å². The third kappa shape index (κ3) is 3.32. The molecular formula is C24H33NO4S. The van der Waals surface area contributed by atoms with Crippen molar-refractivity contribution in [3.63, 3.8) is 0 Å². The number of hydrogen-bond donors (Lipinski definition) is 0. The van der Waals surface area contributed by atoms with E-state index in [0.717, 1.165) is 23.3 Å². The lowest BCUT2D eigenvalue weighted by Crippen LogP contribution is -2.48. The Morgan fingerprint density at radius 2 is 1.73 bits per heavy atom. The average molecular weight is 432 g/mol. The molecule has 0 saturated carbocycles. The van der Waals surface area contributed by atoms with Gasteiger partial charge in [-0.3, -0.25) is 4.79 Å². The first kappa shape index (κ1) is 21.6. The van der Waals surface area contributed by atoms with Crippen LogP contribution in [-0.4, -0.2) is 36.7 Å². The van der Waals surface area contributed by atoms with E-state index in [4.69, 9.17) is 4.74 Å². The molecule has 0 bridgehead atoms. The van der Waals surface area contributed by atoms with Crippen molar-refractivity contribution in [3.8, 4) is 0 Å². The standard InChI is InChI=1S/C24H33NO4S/c1-7-18-21-17(14-25(18)30(27,28)16-10-8-15(2)9-11-16)24(5,6)29-20-13-23(3,4)12-19(26)22(20)21/h8-11,17-18,21H,7,12-14H2,1-6H3/t17-,18?,21+/m0/s1. The monoisotopic (exact) mass is 431 g/mol. The van der Waals surface area contributed by atoms with Crippen molar-refractivity contribution in [2.75, 3.05) is 6.54 Å². The fourth-order valence-corrected chi connectivity index (χ4v) is 7.39. The Morgan fingerprint density at radius 1 is 1.10 bits per heavy atom. The second-order valence-electron chi connectivity index (χ2n) is 10.5. The smallest absolute Gasteiger partial charge is 0.243 e. The molecular weight excluding hydrogens is 398 g/mol. The first-order valence-corrected chi connectivity index (χ1v) is 12.4. The minimum absolute atomic E-state index is 0.0495. The summed E-state index contributed by atoms with van der Waals surface area (Å²) in [6.45, 7) is 12.6. The first-order chi connectivity index (χ1) is 13.9. The van der Waals surface area contributed by atoms with E-state index < -0.39 is 15.6 Å². The fourth-order valence-electron chi connectivity index (χ4n) is 5.65. The quantitative estimate of drug-likeness (QED) is 0.709. The number of hydrogen-bond acceptors (Lipinski definition) is 4. The maximum Gasteiger partial charge on any atom is 0.243 e.